The molecule has 1 atom stereocenters. The zero-order valence-electron chi connectivity index (χ0n) is 12.9. The van der Waals surface area contributed by atoms with Gasteiger partial charge in [-0.25, -0.2) is 4.39 Å². The molecule has 2 N–H and O–H groups in total. The number of rotatable bonds is 4. The highest BCUT2D eigenvalue weighted by atomic mass is 35.5. The number of hydrogen-bond acceptors (Lipinski definition) is 3. The van der Waals surface area contributed by atoms with E-state index in [1.165, 1.54) is 0 Å². The summed E-state index contributed by atoms with van der Waals surface area (Å²) in [7, 11) is 0. The van der Waals surface area contributed by atoms with Crippen LogP contribution < -0.4 is 5.32 Å². The highest BCUT2D eigenvalue weighted by Crippen LogP contribution is 2.42. The van der Waals surface area contributed by atoms with Crippen molar-refractivity contribution in [3.05, 3.63) is 34.1 Å². The quantitative estimate of drug-likeness (QED) is 0.897. The smallest absolute Gasteiger partial charge is 0.132 e. The van der Waals surface area contributed by atoms with Crippen LogP contribution in [0, 0.1) is 18.2 Å². The van der Waals surface area contributed by atoms with Gasteiger partial charge in [-0.2, -0.15) is 0 Å². The molecule has 1 aliphatic heterocycles. The lowest BCUT2D eigenvalue weighted by Crippen LogP contribution is -2.50. The maximum absolute atomic E-state index is 14.7. The van der Waals surface area contributed by atoms with Gasteiger partial charge in [-0.15, -0.1) is 0 Å². The van der Waals surface area contributed by atoms with Gasteiger partial charge in [0.2, 0.25) is 0 Å². The fraction of sp³-hybridized carbons (Fsp3) is 0.625. The van der Waals surface area contributed by atoms with Crippen molar-refractivity contribution >= 4 is 11.6 Å². The SMILES string of the molecule is Cc1ccc(Cl)c([C@H](N2CCNCC2)C(C)(C)CO)c1F. The van der Waals surface area contributed by atoms with Crippen LogP contribution in [0.15, 0.2) is 12.1 Å². The van der Waals surface area contributed by atoms with Crippen molar-refractivity contribution in [1.29, 1.82) is 0 Å². The van der Waals surface area contributed by atoms with Crippen molar-refractivity contribution in [2.45, 2.75) is 26.8 Å². The highest BCUT2D eigenvalue weighted by molar-refractivity contribution is 6.31. The maximum atomic E-state index is 14.7. The molecule has 1 aliphatic rings. The third kappa shape index (κ3) is 3.39. The van der Waals surface area contributed by atoms with Crippen LogP contribution in [0.2, 0.25) is 5.02 Å². The average molecular weight is 315 g/mol. The second-order valence-electron chi connectivity index (χ2n) is 6.43. The van der Waals surface area contributed by atoms with Crippen LogP contribution in [0.4, 0.5) is 4.39 Å². The molecule has 0 aromatic heterocycles. The second-order valence-corrected chi connectivity index (χ2v) is 6.83. The summed E-state index contributed by atoms with van der Waals surface area (Å²) in [5.74, 6) is -0.257. The van der Waals surface area contributed by atoms with E-state index in [9.17, 15) is 9.50 Å². The zero-order valence-corrected chi connectivity index (χ0v) is 13.7. The first-order chi connectivity index (χ1) is 9.88. The summed E-state index contributed by atoms with van der Waals surface area (Å²) < 4.78 is 14.7. The van der Waals surface area contributed by atoms with Gasteiger partial charge < -0.3 is 10.4 Å². The Kier molecular flexibility index (Phi) is 5.25. The molecule has 0 aliphatic carbocycles. The van der Waals surface area contributed by atoms with E-state index >= 15 is 0 Å². The minimum Gasteiger partial charge on any atom is -0.396 e. The first kappa shape index (κ1) is 16.7. The van der Waals surface area contributed by atoms with E-state index in [4.69, 9.17) is 11.6 Å². The summed E-state index contributed by atoms with van der Waals surface area (Å²) >= 11 is 6.31. The van der Waals surface area contributed by atoms with Crippen molar-refractivity contribution in [3.63, 3.8) is 0 Å². The van der Waals surface area contributed by atoms with Gasteiger partial charge in [0.1, 0.15) is 5.82 Å². The third-order valence-electron chi connectivity index (χ3n) is 4.26. The van der Waals surface area contributed by atoms with Crippen LogP contribution in [0.1, 0.15) is 31.0 Å². The Morgan fingerprint density at radius 2 is 2.00 bits per heavy atom. The normalized spacial score (nSPS) is 18.8. The third-order valence-corrected chi connectivity index (χ3v) is 4.59. The number of piperazine rings is 1. The van der Waals surface area contributed by atoms with Gasteiger partial charge in [-0.3, -0.25) is 4.90 Å². The first-order valence-electron chi connectivity index (χ1n) is 7.38. The number of nitrogens with one attached hydrogen (secondary N) is 1. The fourth-order valence-corrected chi connectivity index (χ4v) is 3.27. The molecule has 0 saturated carbocycles. The van der Waals surface area contributed by atoms with Crippen LogP contribution in [0.25, 0.3) is 0 Å². The Labute approximate surface area is 131 Å². The summed E-state index contributed by atoms with van der Waals surface area (Å²) in [6.45, 7) is 9.00. The van der Waals surface area contributed by atoms with Gasteiger partial charge in [0.05, 0.1) is 0 Å². The Morgan fingerprint density at radius 1 is 1.38 bits per heavy atom. The molecule has 0 spiro atoms. The van der Waals surface area contributed by atoms with Crippen LogP contribution >= 0.6 is 11.6 Å². The number of halogens is 2. The molecule has 1 saturated heterocycles. The molecule has 0 amide bonds. The molecule has 3 nitrogen and oxygen atoms in total. The van der Waals surface area contributed by atoms with Crippen LogP contribution in [0.5, 0.6) is 0 Å². The van der Waals surface area contributed by atoms with E-state index in [1.807, 2.05) is 13.8 Å². The molecule has 0 radical (unpaired) electrons. The summed E-state index contributed by atoms with van der Waals surface area (Å²) in [5, 5.41) is 13.5. The molecule has 5 heteroatoms. The first-order valence-corrected chi connectivity index (χ1v) is 7.76. The number of aliphatic hydroxyl groups is 1. The maximum Gasteiger partial charge on any atom is 0.132 e. The van der Waals surface area contributed by atoms with Gasteiger partial charge in [0.25, 0.3) is 0 Å². The van der Waals surface area contributed by atoms with Gasteiger partial charge in [-0.1, -0.05) is 31.5 Å². The largest absolute Gasteiger partial charge is 0.396 e. The summed E-state index contributed by atoms with van der Waals surface area (Å²) in [4.78, 5) is 2.22. The van der Waals surface area contributed by atoms with Crippen LogP contribution in [-0.2, 0) is 0 Å². The topological polar surface area (TPSA) is 35.5 Å². The van der Waals surface area contributed by atoms with Crippen LogP contribution in [0.3, 0.4) is 0 Å². The van der Waals surface area contributed by atoms with Crippen molar-refractivity contribution in [3.8, 4) is 0 Å². The Morgan fingerprint density at radius 3 is 2.57 bits per heavy atom. The zero-order chi connectivity index (χ0) is 15.6. The molecule has 0 unspecified atom stereocenters. The fourth-order valence-electron chi connectivity index (χ4n) is 3.02. The average Bonchev–Trinajstić information content (AvgIpc) is 2.48. The van der Waals surface area contributed by atoms with Gasteiger partial charge in [0, 0.05) is 54.8 Å². The molecule has 1 fully saturated rings. The molecular formula is C16H24ClFN2O. The molecule has 1 aromatic rings. The summed E-state index contributed by atoms with van der Waals surface area (Å²) in [6.07, 6.45) is 0. The lowest BCUT2D eigenvalue weighted by molar-refractivity contribution is 0.0286. The van der Waals surface area contributed by atoms with Gasteiger partial charge in [0.15, 0.2) is 0 Å². The van der Waals surface area contributed by atoms with E-state index < -0.39 is 5.41 Å². The Hall–Kier alpha value is -0.680. The monoisotopic (exact) mass is 314 g/mol. The van der Waals surface area contributed by atoms with Gasteiger partial charge >= 0.3 is 0 Å². The minimum atomic E-state index is -0.477. The van der Waals surface area contributed by atoms with E-state index in [-0.39, 0.29) is 18.5 Å². The second kappa shape index (κ2) is 6.61. The van der Waals surface area contributed by atoms with Crippen molar-refractivity contribution in [1.82, 2.24) is 10.2 Å². The number of nitrogens with zero attached hydrogens (tertiary/aromatic N) is 1. The van der Waals surface area contributed by atoms with Gasteiger partial charge in [-0.05, 0) is 18.6 Å². The highest BCUT2D eigenvalue weighted by Gasteiger charge is 2.38. The predicted molar refractivity (Wildman–Crippen MR) is 84.2 cm³/mol. The Bertz CT molecular complexity index is 501. The molecule has 118 valence electrons. The summed E-state index contributed by atoms with van der Waals surface area (Å²) in [5.41, 5.74) is 0.621. The lowest BCUT2D eigenvalue weighted by Gasteiger charge is -2.44. The van der Waals surface area contributed by atoms with E-state index in [2.05, 4.69) is 10.2 Å². The number of aliphatic hydroxyl groups excluding tert-OH is 1. The minimum absolute atomic E-state index is 0.0225. The predicted octanol–water partition coefficient (Wildman–Crippen LogP) is 2.75. The molecule has 0 bridgehead atoms. The number of benzene rings is 1. The number of aryl methyl sites for hydroxylation is 1. The van der Waals surface area contributed by atoms with Crippen molar-refractivity contribution in [2.24, 2.45) is 5.41 Å². The molecular weight excluding hydrogens is 291 g/mol. The van der Waals surface area contributed by atoms with E-state index in [0.717, 1.165) is 26.2 Å². The van der Waals surface area contributed by atoms with E-state index in [0.29, 0.717) is 16.1 Å². The molecule has 1 aromatic carbocycles. The summed E-state index contributed by atoms with van der Waals surface area (Å²) in [6, 6.07) is 3.21. The Balaban J connectivity index is 2.52. The molecule has 21 heavy (non-hydrogen) atoms. The number of hydrogen-bond donors (Lipinski definition) is 2. The molecule has 1 heterocycles. The van der Waals surface area contributed by atoms with Crippen molar-refractivity contribution in [2.75, 3.05) is 32.8 Å². The standard InChI is InChI=1S/C16H24ClFN2O/c1-11-4-5-12(17)13(14(11)18)15(16(2,3)10-21)20-8-6-19-7-9-20/h4-5,15,19,21H,6-10H2,1-3H3/t15-/m0/s1. The van der Waals surface area contributed by atoms with Crippen molar-refractivity contribution < 1.29 is 9.50 Å². The van der Waals surface area contributed by atoms with Crippen LogP contribution in [-0.4, -0.2) is 42.8 Å². The van der Waals surface area contributed by atoms with E-state index in [1.54, 1.807) is 19.1 Å². The lowest BCUT2D eigenvalue weighted by atomic mass is 9.79. The molecule has 2 rings (SSSR count).